The maximum atomic E-state index is 13.0. The number of benzene rings is 1. The van der Waals surface area contributed by atoms with Gasteiger partial charge in [0.25, 0.3) is 5.91 Å². The van der Waals surface area contributed by atoms with E-state index in [9.17, 15) is 4.79 Å². The molecule has 6 nitrogen and oxygen atoms in total. The van der Waals surface area contributed by atoms with Gasteiger partial charge in [-0.15, -0.1) is 21.5 Å². The van der Waals surface area contributed by atoms with Gasteiger partial charge in [0.2, 0.25) is 11.8 Å². The van der Waals surface area contributed by atoms with Crippen LogP contribution in [0.5, 0.6) is 0 Å². The number of carbonyl (C=O) groups excluding carboxylic acids is 1. The Kier molecular flexibility index (Phi) is 3.59. The number of hydrogen-bond donors (Lipinski definition) is 0. The summed E-state index contributed by atoms with van der Waals surface area (Å²) in [6.07, 6.45) is 0. The fraction of sp³-hybridized carbons (Fsp3) is 0.312. The molecule has 1 aromatic carbocycles. The lowest BCUT2D eigenvalue weighted by atomic mass is 10.2. The van der Waals surface area contributed by atoms with Gasteiger partial charge in [-0.05, 0) is 17.5 Å². The molecule has 0 spiro atoms. The van der Waals surface area contributed by atoms with Crippen LogP contribution >= 0.6 is 11.3 Å². The number of hydrogen-bond acceptors (Lipinski definition) is 6. The predicted octanol–water partition coefficient (Wildman–Crippen LogP) is 2.81. The van der Waals surface area contributed by atoms with Crippen LogP contribution in [-0.2, 0) is 4.74 Å². The molecule has 1 amide bonds. The smallest absolute Gasteiger partial charge is 0.264 e. The van der Waals surface area contributed by atoms with E-state index >= 15 is 0 Å². The minimum absolute atomic E-state index is 0.0182. The minimum atomic E-state index is -0.331. The van der Waals surface area contributed by atoms with Gasteiger partial charge >= 0.3 is 0 Å². The van der Waals surface area contributed by atoms with E-state index in [4.69, 9.17) is 9.15 Å². The van der Waals surface area contributed by atoms with Crippen molar-refractivity contribution >= 4 is 27.3 Å². The number of nitrogens with zero attached hydrogens (tertiary/aromatic N) is 3. The van der Waals surface area contributed by atoms with Crippen molar-refractivity contribution < 1.29 is 13.9 Å². The van der Waals surface area contributed by atoms with Crippen molar-refractivity contribution in [1.29, 1.82) is 0 Å². The largest absolute Gasteiger partial charge is 0.423 e. The molecule has 23 heavy (non-hydrogen) atoms. The van der Waals surface area contributed by atoms with Crippen LogP contribution in [-0.4, -0.2) is 40.8 Å². The summed E-state index contributed by atoms with van der Waals surface area (Å²) >= 11 is 1.50. The van der Waals surface area contributed by atoms with E-state index in [0.29, 0.717) is 36.4 Å². The zero-order chi connectivity index (χ0) is 15.8. The maximum Gasteiger partial charge on any atom is 0.264 e. The zero-order valence-corrected chi connectivity index (χ0v) is 13.4. The van der Waals surface area contributed by atoms with E-state index in [-0.39, 0.29) is 11.9 Å². The van der Waals surface area contributed by atoms with Gasteiger partial charge in [0.1, 0.15) is 6.04 Å². The van der Waals surface area contributed by atoms with Crippen LogP contribution in [0.3, 0.4) is 0 Å². The van der Waals surface area contributed by atoms with Crippen molar-refractivity contribution in [2.75, 3.05) is 19.8 Å². The minimum Gasteiger partial charge on any atom is -0.423 e. The molecule has 0 bridgehead atoms. The third-order valence-corrected chi connectivity index (χ3v) is 4.96. The number of thiophene rings is 1. The van der Waals surface area contributed by atoms with Crippen LogP contribution < -0.4 is 0 Å². The molecule has 118 valence electrons. The van der Waals surface area contributed by atoms with Gasteiger partial charge in [0.05, 0.1) is 18.1 Å². The Balaban J connectivity index is 1.67. The van der Waals surface area contributed by atoms with Crippen molar-refractivity contribution in [2.24, 2.45) is 0 Å². The van der Waals surface area contributed by atoms with Crippen molar-refractivity contribution in [3.05, 3.63) is 47.0 Å². The first-order chi connectivity index (χ1) is 11.2. The van der Waals surface area contributed by atoms with Crippen LogP contribution in [0.2, 0.25) is 0 Å². The molecule has 0 saturated carbocycles. The molecule has 7 heteroatoms. The van der Waals surface area contributed by atoms with Gasteiger partial charge in [-0.3, -0.25) is 4.79 Å². The highest BCUT2D eigenvalue weighted by Crippen LogP contribution is 2.30. The first-order valence-electron chi connectivity index (χ1n) is 7.39. The number of fused-ring (bicyclic) bond motifs is 1. The van der Waals surface area contributed by atoms with Crippen LogP contribution in [0, 0.1) is 6.92 Å². The molecular formula is C16H15N3O3S. The summed E-state index contributed by atoms with van der Waals surface area (Å²) in [6.45, 7) is 3.13. The standard InChI is InChI=1S/C16H15N3O3S/c1-10-17-18-15(22-10)12-9-21-7-6-19(12)16(20)14-8-11-4-2-3-5-13(11)23-14/h2-5,8,12H,6-7,9H2,1H3/t12-/m1/s1. The summed E-state index contributed by atoms with van der Waals surface area (Å²) in [5.41, 5.74) is 0. The second-order valence-electron chi connectivity index (χ2n) is 5.40. The molecule has 0 radical (unpaired) electrons. The Morgan fingerprint density at radius 2 is 2.22 bits per heavy atom. The Hall–Kier alpha value is -2.25. The molecular weight excluding hydrogens is 314 g/mol. The Labute approximate surface area is 136 Å². The van der Waals surface area contributed by atoms with Crippen LogP contribution in [0.25, 0.3) is 10.1 Å². The summed E-state index contributed by atoms with van der Waals surface area (Å²) in [7, 11) is 0. The molecule has 4 rings (SSSR count). The molecule has 3 heterocycles. The molecule has 1 aliphatic rings. The van der Waals surface area contributed by atoms with Gasteiger partial charge in [-0.2, -0.15) is 0 Å². The molecule has 0 aliphatic carbocycles. The van der Waals surface area contributed by atoms with E-state index in [1.54, 1.807) is 11.8 Å². The van der Waals surface area contributed by atoms with Crippen LogP contribution in [0.15, 0.2) is 34.7 Å². The third kappa shape index (κ3) is 2.62. The van der Waals surface area contributed by atoms with Gasteiger partial charge in [-0.25, -0.2) is 0 Å². The van der Waals surface area contributed by atoms with Crippen LogP contribution in [0.1, 0.15) is 27.5 Å². The lowest BCUT2D eigenvalue weighted by Gasteiger charge is -2.33. The van der Waals surface area contributed by atoms with E-state index in [2.05, 4.69) is 10.2 Å². The van der Waals surface area contributed by atoms with Gasteiger partial charge in [-0.1, -0.05) is 18.2 Å². The fourth-order valence-corrected chi connectivity index (χ4v) is 3.75. The number of carbonyl (C=O) groups is 1. The summed E-state index contributed by atoms with van der Waals surface area (Å²) < 4.78 is 12.1. The zero-order valence-electron chi connectivity index (χ0n) is 12.6. The van der Waals surface area contributed by atoms with E-state index in [1.165, 1.54) is 11.3 Å². The molecule has 1 atom stereocenters. The number of ether oxygens (including phenoxy) is 1. The van der Waals surface area contributed by atoms with Crippen molar-refractivity contribution in [3.8, 4) is 0 Å². The first kappa shape index (κ1) is 14.3. The number of morpholine rings is 1. The summed E-state index contributed by atoms with van der Waals surface area (Å²) in [5, 5.41) is 8.99. The van der Waals surface area contributed by atoms with E-state index in [0.717, 1.165) is 10.1 Å². The summed E-state index contributed by atoms with van der Waals surface area (Å²) in [4.78, 5) is 15.4. The van der Waals surface area contributed by atoms with Gasteiger partial charge in [0, 0.05) is 18.2 Å². The number of aryl methyl sites for hydroxylation is 1. The average molecular weight is 329 g/mol. The monoisotopic (exact) mass is 329 g/mol. The summed E-state index contributed by atoms with van der Waals surface area (Å²) in [5.74, 6) is 0.895. The number of amides is 1. The Bertz CT molecular complexity index is 824. The lowest BCUT2D eigenvalue weighted by molar-refractivity contribution is -0.0104. The number of aromatic nitrogens is 2. The van der Waals surface area contributed by atoms with Crippen molar-refractivity contribution in [1.82, 2.24) is 15.1 Å². The Morgan fingerprint density at radius 1 is 1.35 bits per heavy atom. The second-order valence-corrected chi connectivity index (χ2v) is 6.48. The first-order valence-corrected chi connectivity index (χ1v) is 8.21. The maximum absolute atomic E-state index is 13.0. The SMILES string of the molecule is Cc1nnc([C@H]2COCCN2C(=O)c2cc3ccccc3s2)o1. The molecule has 0 N–H and O–H groups in total. The highest BCUT2D eigenvalue weighted by molar-refractivity contribution is 7.20. The molecule has 3 aromatic rings. The van der Waals surface area contributed by atoms with Crippen molar-refractivity contribution in [2.45, 2.75) is 13.0 Å². The van der Waals surface area contributed by atoms with E-state index in [1.807, 2.05) is 30.3 Å². The van der Waals surface area contributed by atoms with Gasteiger partial charge < -0.3 is 14.1 Å². The van der Waals surface area contributed by atoms with E-state index < -0.39 is 0 Å². The highest BCUT2D eigenvalue weighted by atomic mass is 32.1. The number of rotatable bonds is 2. The topological polar surface area (TPSA) is 68.5 Å². The summed E-state index contributed by atoms with van der Waals surface area (Å²) in [6, 6.07) is 9.60. The molecule has 1 aliphatic heterocycles. The third-order valence-electron chi connectivity index (χ3n) is 3.85. The molecule has 2 aromatic heterocycles. The second kappa shape index (κ2) is 5.75. The predicted molar refractivity (Wildman–Crippen MR) is 85.5 cm³/mol. The van der Waals surface area contributed by atoms with Crippen LogP contribution in [0.4, 0.5) is 0 Å². The van der Waals surface area contributed by atoms with Gasteiger partial charge in [0.15, 0.2) is 0 Å². The molecule has 1 fully saturated rings. The molecule has 0 unspecified atom stereocenters. The highest BCUT2D eigenvalue weighted by Gasteiger charge is 2.33. The molecule has 1 saturated heterocycles. The Morgan fingerprint density at radius 3 is 3.00 bits per heavy atom. The fourth-order valence-electron chi connectivity index (χ4n) is 2.73. The average Bonchev–Trinajstić information content (AvgIpc) is 3.20. The van der Waals surface area contributed by atoms with Crippen molar-refractivity contribution in [3.63, 3.8) is 0 Å². The normalized spacial score (nSPS) is 18.5. The quantitative estimate of drug-likeness (QED) is 0.723. The lowest BCUT2D eigenvalue weighted by Crippen LogP contribution is -2.43.